The van der Waals surface area contributed by atoms with Gasteiger partial charge in [-0.3, -0.25) is 0 Å². The summed E-state index contributed by atoms with van der Waals surface area (Å²) in [6.07, 6.45) is 11.9. The highest BCUT2D eigenvalue weighted by Crippen LogP contribution is 2.35. The van der Waals surface area contributed by atoms with E-state index in [1.54, 1.807) is 0 Å². The normalized spacial score (nSPS) is 20.9. The van der Waals surface area contributed by atoms with Gasteiger partial charge in [0, 0.05) is 11.6 Å². The van der Waals surface area contributed by atoms with Crippen molar-refractivity contribution in [2.75, 3.05) is 20.6 Å². The SMILES string of the molecule is CCCNC(C=C(C)C)C1(N(C)C)CCCCCC1. The Balaban J connectivity index is 2.98. The molecular weight excluding hydrogens is 232 g/mol. The van der Waals surface area contributed by atoms with E-state index in [2.05, 4.69) is 51.2 Å². The molecule has 2 heteroatoms. The Morgan fingerprint density at radius 3 is 2.16 bits per heavy atom. The number of likely N-dealkylation sites (N-methyl/N-ethyl adjacent to an activating group) is 1. The number of rotatable bonds is 6. The number of hydrogen-bond donors (Lipinski definition) is 1. The average molecular weight is 266 g/mol. The second-order valence-electron chi connectivity index (χ2n) is 6.59. The largest absolute Gasteiger partial charge is 0.309 e. The molecule has 1 saturated carbocycles. The van der Waals surface area contributed by atoms with Gasteiger partial charge in [0.15, 0.2) is 0 Å². The minimum absolute atomic E-state index is 0.308. The van der Waals surface area contributed by atoms with E-state index in [0.717, 1.165) is 6.54 Å². The highest BCUT2D eigenvalue weighted by atomic mass is 15.2. The Hall–Kier alpha value is -0.340. The molecule has 0 aromatic rings. The number of allylic oxidation sites excluding steroid dienone is 1. The molecule has 1 aliphatic rings. The van der Waals surface area contributed by atoms with E-state index in [4.69, 9.17) is 0 Å². The molecule has 2 nitrogen and oxygen atoms in total. The zero-order valence-corrected chi connectivity index (χ0v) is 13.8. The van der Waals surface area contributed by atoms with Crippen molar-refractivity contribution < 1.29 is 0 Å². The summed E-state index contributed by atoms with van der Waals surface area (Å²) in [4.78, 5) is 2.49. The van der Waals surface area contributed by atoms with E-state index in [-0.39, 0.29) is 0 Å². The van der Waals surface area contributed by atoms with E-state index in [0.29, 0.717) is 11.6 Å². The first-order valence-electron chi connectivity index (χ1n) is 8.09. The predicted molar refractivity (Wildman–Crippen MR) is 85.6 cm³/mol. The van der Waals surface area contributed by atoms with Gasteiger partial charge in [-0.1, -0.05) is 44.3 Å². The highest BCUT2D eigenvalue weighted by molar-refractivity contribution is 5.12. The summed E-state index contributed by atoms with van der Waals surface area (Å²) in [6.45, 7) is 7.81. The Morgan fingerprint density at radius 1 is 1.16 bits per heavy atom. The van der Waals surface area contributed by atoms with Gasteiger partial charge in [-0.15, -0.1) is 0 Å². The molecule has 0 bridgehead atoms. The summed E-state index contributed by atoms with van der Waals surface area (Å²) in [5.41, 5.74) is 1.74. The van der Waals surface area contributed by atoms with Gasteiger partial charge < -0.3 is 10.2 Å². The van der Waals surface area contributed by atoms with Crippen LogP contribution < -0.4 is 5.32 Å². The van der Waals surface area contributed by atoms with E-state index in [1.807, 2.05) is 0 Å². The predicted octanol–water partition coefficient (Wildman–Crippen LogP) is 3.98. The first-order valence-corrected chi connectivity index (χ1v) is 8.09. The molecule has 112 valence electrons. The van der Waals surface area contributed by atoms with Crippen LogP contribution in [0.3, 0.4) is 0 Å². The smallest absolute Gasteiger partial charge is 0.0438 e. The van der Waals surface area contributed by atoms with Gasteiger partial charge in [-0.05, 0) is 53.8 Å². The fourth-order valence-electron chi connectivity index (χ4n) is 3.41. The fourth-order valence-corrected chi connectivity index (χ4v) is 3.41. The first-order chi connectivity index (χ1) is 9.03. The summed E-state index contributed by atoms with van der Waals surface area (Å²) in [7, 11) is 4.54. The summed E-state index contributed by atoms with van der Waals surface area (Å²) in [5.74, 6) is 0. The lowest BCUT2D eigenvalue weighted by Crippen LogP contribution is -2.58. The van der Waals surface area contributed by atoms with Gasteiger partial charge in [0.05, 0.1) is 0 Å². The molecule has 0 aromatic heterocycles. The Morgan fingerprint density at radius 2 is 1.74 bits per heavy atom. The number of nitrogens with zero attached hydrogens (tertiary/aromatic N) is 1. The lowest BCUT2D eigenvalue weighted by molar-refractivity contribution is 0.0986. The van der Waals surface area contributed by atoms with Crippen LogP contribution in [0.1, 0.15) is 65.7 Å². The summed E-state index contributed by atoms with van der Waals surface area (Å²) >= 11 is 0. The lowest BCUT2D eigenvalue weighted by Gasteiger charge is -2.45. The molecular formula is C17H34N2. The molecule has 19 heavy (non-hydrogen) atoms. The summed E-state index contributed by atoms with van der Waals surface area (Å²) in [5, 5.41) is 3.80. The molecule has 0 radical (unpaired) electrons. The van der Waals surface area contributed by atoms with Gasteiger partial charge in [0.25, 0.3) is 0 Å². The van der Waals surface area contributed by atoms with E-state index in [9.17, 15) is 0 Å². The summed E-state index contributed by atoms with van der Waals surface area (Å²) in [6, 6.07) is 0.491. The molecule has 0 spiro atoms. The van der Waals surface area contributed by atoms with Crippen LogP contribution in [0.5, 0.6) is 0 Å². The van der Waals surface area contributed by atoms with Crippen molar-refractivity contribution in [1.82, 2.24) is 10.2 Å². The van der Waals surface area contributed by atoms with Crippen molar-refractivity contribution in [2.45, 2.75) is 77.3 Å². The van der Waals surface area contributed by atoms with E-state index < -0.39 is 0 Å². The summed E-state index contributed by atoms with van der Waals surface area (Å²) < 4.78 is 0. The molecule has 0 amide bonds. The van der Waals surface area contributed by atoms with Crippen LogP contribution in [-0.4, -0.2) is 37.1 Å². The Labute approximate surface area is 120 Å². The fraction of sp³-hybridized carbons (Fsp3) is 0.882. The Kier molecular flexibility index (Phi) is 7.09. The first kappa shape index (κ1) is 16.7. The molecule has 0 heterocycles. The second kappa shape index (κ2) is 8.06. The molecule has 0 aromatic carbocycles. The third kappa shape index (κ3) is 4.61. The third-order valence-corrected chi connectivity index (χ3v) is 4.55. The number of nitrogens with one attached hydrogen (secondary N) is 1. The molecule has 1 fully saturated rings. The van der Waals surface area contributed by atoms with Crippen molar-refractivity contribution in [3.8, 4) is 0 Å². The molecule has 1 rings (SSSR count). The minimum atomic E-state index is 0.308. The quantitative estimate of drug-likeness (QED) is 0.578. The van der Waals surface area contributed by atoms with Crippen molar-refractivity contribution in [3.05, 3.63) is 11.6 Å². The van der Waals surface area contributed by atoms with Gasteiger partial charge in [0.2, 0.25) is 0 Å². The molecule has 1 N–H and O–H groups in total. The maximum absolute atomic E-state index is 3.80. The van der Waals surface area contributed by atoms with Crippen LogP contribution in [0, 0.1) is 0 Å². The number of hydrogen-bond acceptors (Lipinski definition) is 2. The maximum Gasteiger partial charge on any atom is 0.0438 e. The van der Waals surface area contributed by atoms with Crippen LogP contribution in [-0.2, 0) is 0 Å². The molecule has 1 atom stereocenters. The molecule has 0 aliphatic heterocycles. The van der Waals surface area contributed by atoms with Crippen molar-refractivity contribution >= 4 is 0 Å². The topological polar surface area (TPSA) is 15.3 Å². The highest BCUT2D eigenvalue weighted by Gasteiger charge is 2.39. The van der Waals surface area contributed by atoms with Crippen molar-refractivity contribution in [2.24, 2.45) is 0 Å². The van der Waals surface area contributed by atoms with E-state index >= 15 is 0 Å². The molecule has 1 unspecified atom stereocenters. The van der Waals surface area contributed by atoms with Crippen molar-refractivity contribution in [1.29, 1.82) is 0 Å². The van der Waals surface area contributed by atoms with Gasteiger partial charge in [-0.25, -0.2) is 0 Å². The van der Waals surface area contributed by atoms with Crippen LogP contribution >= 0.6 is 0 Å². The zero-order chi connectivity index (χ0) is 14.3. The minimum Gasteiger partial charge on any atom is -0.309 e. The third-order valence-electron chi connectivity index (χ3n) is 4.55. The second-order valence-corrected chi connectivity index (χ2v) is 6.59. The monoisotopic (exact) mass is 266 g/mol. The van der Waals surface area contributed by atoms with Crippen LogP contribution in [0.25, 0.3) is 0 Å². The van der Waals surface area contributed by atoms with Gasteiger partial charge >= 0.3 is 0 Å². The zero-order valence-electron chi connectivity index (χ0n) is 13.8. The van der Waals surface area contributed by atoms with Gasteiger partial charge in [-0.2, -0.15) is 0 Å². The molecule has 0 saturated heterocycles. The van der Waals surface area contributed by atoms with E-state index in [1.165, 1.54) is 50.5 Å². The standard InChI is InChI=1S/C17H34N2/c1-6-13-18-16(14-15(2)3)17(19(4)5)11-9-7-8-10-12-17/h14,16,18H,6-13H2,1-5H3. The molecule has 1 aliphatic carbocycles. The van der Waals surface area contributed by atoms with Crippen LogP contribution in [0.2, 0.25) is 0 Å². The van der Waals surface area contributed by atoms with Crippen LogP contribution in [0.4, 0.5) is 0 Å². The van der Waals surface area contributed by atoms with Crippen molar-refractivity contribution in [3.63, 3.8) is 0 Å². The maximum atomic E-state index is 3.80. The lowest BCUT2D eigenvalue weighted by atomic mass is 9.80. The Bertz CT molecular complexity index is 269. The average Bonchev–Trinajstić information content (AvgIpc) is 2.60. The van der Waals surface area contributed by atoms with Gasteiger partial charge in [0.1, 0.15) is 0 Å². The van der Waals surface area contributed by atoms with Crippen LogP contribution in [0.15, 0.2) is 11.6 Å².